The van der Waals surface area contributed by atoms with E-state index in [1.807, 2.05) is 37.3 Å². The van der Waals surface area contributed by atoms with Crippen molar-refractivity contribution in [3.8, 4) is 0 Å². The van der Waals surface area contributed by atoms with E-state index >= 15 is 4.39 Å². The van der Waals surface area contributed by atoms with Gasteiger partial charge in [-0.05, 0) is 24.1 Å². The van der Waals surface area contributed by atoms with Crippen LogP contribution in [0.3, 0.4) is 0 Å². The molecule has 36 heavy (non-hydrogen) atoms. The van der Waals surface area contributed by atoms with Crippen LogP contribution in [0.2, 0.25) is 5.28 Å². The molecule has 2 aromatic heterocycles. The molecule has 0 aliphatic carbocycles. The summed E-state index contributed by atoms with van der Waals surface area (Å²) in [6.07, 6.45) is -4.49. The second-order valence-electron chi connectivity index (χ2n) is 7.82. The fourth-order valence-electron chi connectivity index (χ4n) is 3.31. The molecule has 0 amide bonds. The number of rotatable bonds is 12. The molecule has 0 aliphatic heterocycles. The summed E-state index contributed by atoms with van der Waals surface area (Å²) in [6.45, 7) is 1.04. The lowest BCUT2D eigenvalue weighted by Crippen LogP contribution is -2.38. The van der Waals surface area contributed by atoms with Gasteiger partial charge in [-0.15, -0.1) is 0 Å². The zero-order valence-corrected chi connectivity index (χ0v) is 21.6. The van der Waals surface area contributed by atoms with E-state index in [0.29, 0.717) is 5.39 Å². The molecule has 3 rings (SSSR count). The lowest BCUT2D eigenvalue weighted by molar-refractivity contribution is -0.0890. The van der Waals surface area contributed by atoms with Crippen molar-refractivity contribution in [3.05, 3.63) is 47.4 Å². The third-order valence-electron chi connectivity index (χ3n) is 5.08. The molecule has 17 heteroatoms. The van der Waals surface area contributed by atoms with Gasteiger partial charge in [-0.3, -0.25) is 9.13 Å². The quantitative estimate of drug-likeness (QED) is 0.159. The highest BCUT2D eigenvalue weighted by molar-refractivity contribution is 7.70. The number of aliphatic hydroxyl groups is 1. The fourth-order valence-corrected chi connectivity index (χ4v) is 6.04. The maximum absolute atomic E-state index is 15.3. The van der Waals surface area contributed by atoms with Crippen LogP contribution < -0.4 is 5.32 Å². The van der Waals surface area contributed by atoms with E-state index in [0.717, 1.165) is 17.4 Å². The lowest BCUT2D eigenvalue weighted by atomic mass is 10.1. The first kappa shape index (κ1) is 28.6. The largest absolute Gasteiger partial charge is 0.385 e. The van der Waals surface area contributed by atoms with E-state index < -0.39 is 46.2 Å². The van der Waals surface area contributed by atoms with Crippen LogP contribution in [0.1, 0.15) is 24.8 Å². The van der Waals surface area contributed by atoms with Gasteiger partial charge in [0.15, 0.2) is 11.6 Å². The number of ether oxygens (including phenoxy) is 1. The Morgan fingerprint density at radius 3 is 2.47 bits per heavy atom. The minimum absolute atomic E-state index is 0.0468. The number of nitrogens with zero attached hydrogens (tertiary/aromatic N) is 4. The van der Waals surface area contributed by atoms with Crippen LogP contribution in [0.15, 0.2) is 36.5 Å². The first-order chi connectivity index (χ1) is 16.8. The van der Waals surface area contributed by atoms with Crippen molar-refractivity contribution in [2.75, 3.05) is 24.9 Å². The summed E-state index contributed by atoms with van der Waals surface area (Å²) in [7, 11) is -8.53. The summed E-state index contributed by atoms with van der Waals surface area (Å²) in [5.41, 5.74) is 0.906. The molecule has 198 valence electrons. The van der Waals surface area contributed by atoms with Crippen LogP contribution in [-0.4, -0.2) is 71.4 Å². The second-order valence-corrected chi connectivity index (χ2v) is 12.2. The Morgan fingerprint density at radius 2 is 1.86 bits per heavy atom. The average molecular weight is 568 g/mol. The number of halogens is 2. The van der Waals surface area contributed by atoms with Crippen molar-refractivity contribution in [1.29, 1.82) is 0 Å². The van der Waals surface area contributed by atoms with Crippen LogP contribution in [0, 0.1) is 0 Å². The molecule has 13 nitrogen and oxygen atoms in total. The Kier molecular flexibility index (Phi) is 9.20. The molecule has 0 radical (unpaired) electrons. The molecule has 0 fully saturated rings. The highest BCUT2D eigenvalue weighted by atomic mass is 35.5. The SMILES string of the molecule is CO[C@H](COP(=O)(O)CP(=O)(O)O)[C@@H](O)[C@H](F)n1ncc2c(N[C@@H](C)c3ccccc3)nc(Cl)nc21. The van der Waals surface area contributed by atoms with Gasteiger partial charge in [-0.1, -0.05) is 30.3 Å². The molecule has 5 atom stereocenters. The molecule has 1 aromatic carbocycles. The van der Waals surface area contributed by atoms with Crippen molar-refractivity contribution >= 4 is 43.6 Å². The number of benzene rings is 1. The predicted molar refractivity (Wildman–Crippen MR) is 128 cm³/mol. The number of aromatic nitrogens is 4. The van der Waals surface area contributed by atoms with Gasteiger partial charge in [0.05, 0.1) is 18.2 Å². The summed E-state index contributed by atoms with van der Waals surface area (Å²) < 4.78 is 48.5. The molecular weight excluding hydrogens is 543 g/mol. The van der Waals surface area contributed by atoms with Crippen LogP contribution in [-0.2, 0) is 18.4 Å². The summed E-state index contributed by atoms with van der Waals surface area (Å²) in [6, 6.07) is 9.25. The lowest BCUT2D eigenvalue weighted by Gasteiger charge is -2.25. The number of hydrogen-bond donors (Lipinski definition) is 5. The van der Waals surface area contributed by atoms with Gasteiger partial charge in [0.2, 0.25) is 11.6 Å². The van der Waals surface area contributed by atoms with Gasteiger partial charge < -0.3 is 34.4 Å². The van der Waals surface area contributed by atoms with E-state index in [9.17, 15) is 19.1 Å². The smallest absolute Gasteiger partial charge is 0.340 e. The van der Waals surface area contributed by atoms with Gasteiger partial charge >= 0.3 is 15.2 Å². The van der Waals surface area contributed by atoms with E-state index in [2.05, 4.69) is 24.9 Å². The van der Waals surface area contributed by atoms with E-state index in [1.165, 1.54) is 6.20 Å². The number of aliphatic hydroxyl groups excluding tert-OH is 1. The maximum Gasteiger partial charge on any atom is 0.340 e. The second kappa shape index (κ2) is 11.6. The van der Waals surface area contributed by atoms with Crippen LogP contribution in [0.4, 0.5) is 10.2 Å². The van der Waals surface area contributed by atoms with Crippen molar-refractivity contribution in [2.24, 2.45) is 0 Å². The molecule has 1 unspecified atom stereocenters. The zero-order valence-electron chi connectivity index (χ0n) is 19.0. The molecule has 0 saturated carbocycles. The Labute approximate surface area is 209 Å². The number of methoxy groups -OCH3 is 1. The molecule has 0 spiro atoms. The van der Waals surface area contributed by atoms with Gasteiger partial charge in [0.25, 0.3) is 0 Å². The molecule has 0 saturated heterocycles. The van der Waals surface area contributed by atoms with Gasteiger partial charge in [-0.25, -0.2) is 9.07 Å². The summed E-state index contributed by atoms with van der Waals surface area (Å²) in [5.74, 6) is -1.17. The zero-order chi connectivity index (χ0) is 26.7. The Hall–Kier alpha value is -1.99. The third kappa shape index (κ3) is 7.28. The summed E-state index contributed by atoms with van der Waals surface area (Å²) >= 11 is 6.05. The van der Waals surface area contributed by atoms with Crippen molar-refractivity contribution in [1.82, 2.24) is 19.7 Å². The van der Waals surface area contributed by atoms with Crippen molar-refractivity contribution in [3.63, 3.8) is 0 Å². The average Bonchev–Trinajstić information content (AvgIpc) is 3.21. The number of hydrogen-bond acceptors (Lipinski definition) is 9. The maximum atomic E-state index is 15.3. The van der Waals surface area contributed by atoms with E-state index in [1.54, 1.807) is 0 Å². The molecule has 5 N–H and O–H groups in total. The molecule has 2 heterocycles. The summed E-state index contributed by atoms with van der Waals surface area (Å²) in [4.78, 5) is 35.5. The van der Waals surface area contributed by atoms with Crippen LogP contribution in [0.5, 0.6) is 0 Å². The highest BCUT2D eigenvalue weighted by Gasteiger charge is 2.36. The number of nitrogens with one attached hydrogen (secondary N) is 1. The molecular formula is C19H25ClFN5O8P2. The molecule has 0 bridgehead atoms. The normalized spacial score (nSPS) is 17.3. The topological polar surface area (TPSA) is 189 Å². The first-order valence-electron chi connectivity index (χ1n) is 10.4. The molecule has 3 aromatic rings. The minimum atomic E-state index is -4.87. The van der Waals surface area contributed by atoms with Crippen LogP contribution >= 0.6 is 26.8 Å². The molecule has 0 aliphatic rings. The number of anilines is 1. The van der Waals surface area contributed by atoms with Gasteiger partial charge in [0, 0.05) is 13.2 Å². The van der Waals surface area contributed by atoms with E-state index in [-0.39, 0.29) is 22.8 Å². The minimum Gasteiger partial charge on any atom is -0.385 e. The third-order valence-corrected chi connectivity index (χ3v) is 8.71. The van der Waals surface area contributed by atoms with Gasteiger partial charge in [0.1, 0.15) is 18.0 Å². The van der Waals surface area contributed by atoms with Crippen molar-refractivity contribution in [2.45, 2.75) is 31.5 Å². The Bertz CT molecular complexity index is 1280. The first-order valence-corrected chi connectivity index (χ1v) is 14.3. The highest BCUT2D eigenvalue weighted by Crippen LogP contribution is 2.55. The monoisotopic (exact) mass is 567 g/mol. The summed E-state index contributed by atoms with van der Waals surface area (Å²) in [5, 5.41) is 17.7. The van der Waals surface area contributed by atoms with Gasteiger partial charge in [-0.2, -0.15) is 15.1 Å². The standard InChI is InChI=1S/C19H25ClFN5O8P2/c1-11(12-6-4-3-5-7-12)23-17-13-8-22-26(18(13)25-19(20)24-17)16(21)15(27)14(33-2)9-34-36(31,32)10-35(28,29)30/h3-8,11,14-16,27H,9-10H2,1-2H3,(H,31,32)(H,23,24,25)(H2,28,29,30)/t11-,14+,15+,16+/m0/s1. The van der Waals surface area contributed by atoms with Crippen LogP contribution in [0.25, 0.3) is 11.0 Å². The number of alkyl halides is 1. The fraction of sp³-hybridized carbons (Fsp3) is 0.421. The Morgan fingerprint density at radius 1 is 1.19 bits per heavy atom. The van der Waals surface area contributed by atoms with Crippen molar-refractivity contribution < 1.29 is 42.6 Å². The predicted octanol–water partition coefficient (Wildman–Crippen LogP) is 2.83. The Balaban J connectivity index is 1.81. The van der Waals surface area contributed by atoms with E-state index in [4.69, 9.17) is 26.1 Å². The number of fused-ring (bicyclic) bond motifs is 1.